The van der Waals surface area contributed by atoms with Gasteiger partial charge in [-0.2, -0.15) is 0 Å². The Morgan fingerprint density at radius 2 is 1.73 bits per heavy atom. The molecule has 22 heavy (non-hydrogen) atoms. The summed E-state index contributed by atoms with van der Waals surface area (Å²) in [6.45, 7) is 6.35. The minimum atomic E-state index is 0.151. The molecule has 2 aromatic rings. The van der Waals surface area contributed by atoms with Crippen LogP contribution in [0, 0.1) is 13.8 Å². The molecular weight excluding hydrogens is 292 g/mol. The molecule has 0 radical (unpaired) electrons. The molecule has 0 spiro atoms. The van der Waals surface area contributed by atoms with Gasteiger partial charge in [-0.1, -0.05) is 18.2 Å². The van der Waals surface area contributed by atoms with E-state index in [2.05, 4.69) is 49.6 Å². The van der Waals surface area contributed by atoms with Gasteiger partial charge in [-0.25, -0.2) is 0 Å². The lowest BCUT2D eigenvalue weighted by Crippen LogP contribution is -2.30. The quantitative estimate of drug-likeness (QED) is 0.822. The van der Waals surface area contributed by atoms with Gasteiger partial charge < -0.3 is 15.4 Å². The van der Waals surface area contributed by atoms with Crippen molar-refractivity contribution in [1.29, 1.82) is 0 Å². The fourth-order valence-electron chi connectivity index (χ4n) is 2.16. The molecule has 116 valence electrons. The lowest BCUT2D eigenvalue weighted by molar-refractivity contribution is 0.415. The standard InChI is InChI=1S/C18H22N2OS/c1-12-5-6-15(11-13(12)2)14(3)19-18(22)20-16-7-9-17(21-4)10-8-16/h5-11,14H,1-4H3,(H2,19,20,22). The number of hydrogen-bond donors (Lipinski definition) is 2. The maximum absolute atomic E-state index is 5.38. The van der Waals surface area contributed by atoms with E-state index >= 15 is 0 Å². The van der Waals surface area contributed by atoms with Gasteiger partial charge in [-0.3, -0.25) is 0 Å². The number of anilines is 1. The summed E-state index contributed by atoms with van der Waals surface area (Å²) in [4.78, 5) is 0. The van der Waals surface area contributed by atoms with Gasteiger partial charge in [0.25, 0.3) is 0 Å². The van der Waals surface area contributed by atoms with Crippen molar-refractivity contribution in [3.8, 4) is 5.75 Å². The van der Waals surface area contributed by atoms with E-state index in [1.54, 1.807) is 7.11 Å². The maximum atomic E-state index is 5.38. The summed E-state index contributed by atoms with van der Waals surface area (Å²) in [5.74, 6) is 0.827. The Balaban J connectivity index is 1.96. The number of aryl methyl sites for hydroxylation is 2. The summed E-state index contributed by atoms with van der Waals surface area (Å²) in [7, 11) is 1.65. The molecule has 1 atom stereocenters. The zero-order chi connectivity index (χ0) is 16.1. The largest absolute Gasteiger partial charge is 0.497 e. The lowest BCUT2D eigenvalue weighted by atomic mass is 10.0. The minimum Gasteiger partial charge on any atom is -0.497 e. The molecule has 0 saturated heterocycles. The zero-order valence-corrected chi connectivity index (χ0v) is 14.3. The van der Waals surface area contributed by atoms with Crippen LogP contribution in [0.1, 0.15) is 29.7 Å². The summed E-state index contributed by atoms with van der Waals surface area (Å²) >= 11 is 5.38. The van der Waals surface area contributed by atoms with Crippen LogP contribution in [-0.2, 0) is 0 Å². The summed E-state index contributed by atoms with van der Waals surface area (Å²) in [6, 6.07) is 14.3. The Morgan fingerprint density at radius 1 is 1.05 bits per heavy atom. The average molecular weight is 314 g/mol. The Kier molecular flexibility index (Phi) is 5.39. The number of benzene rings is 2. The summed E-state index contributed by atoms with van der Waals surface area (Å²) in [6.07, 6.45) is 0. The maximum Gasteiger partial charge on any atom is 0.171 e. The molecule has 0 aromatic heterocycles. The third-order valence-corrected chi connectivity index (χ3v) is 3.95. The van der Waals surface area contributed by atoms with Crippen LogP contribution in [0.4, 0.5) is 5.69 Å². The van der Waals surface area contributed by atoms with Gasteiger partial charge in [0.1, 0.15) is 5.75 Å². The van der Waals surface area contributed by atoms with E-state index in [4.69, 9.17) is 17.0 Å². The third-order valence-electron chi connectivity index (χ3n) is 3.73. The highest BCUT2D eigenvalue weighted by atomic mass is 32.1. The van der Waals surface area contributed by atoms with Crippen LogP contribution in [0.3, 0.4) is 0 Å². The molecule has 2 aromatic carbocycles. The molecular formula is C18H22N2OS. The number of ether oxygens (including phenoxy) is 1. The highest BCUT2D eigenvalue weighted by molar-refractivity contribution is 7.80. The normalized spacial score (nSPS) is 11.6. The third kappa shape index (κ3) is 4.21. The van der Waals surface area contributed by atoms with Gasteiger partial charge in [-0.05, 0) is 73.9 Å². The molecule has 0 aliphatic heterocycles. The molecule has 2 rings (SSSR count). The van der Waals surface area contributed by atoms with Crippen molar-refractivity contribution in [2.45, 2.75) is 26.8 Å². The first-order valence-electron chi connectivity index (χ1n) is 7.28. The van der Waals surface area contributed by atoms with Gasteiger partial charge >= 0.3 is 0 Å². The van der Waals surface area contributed by atoms with Crippen molar-refractivity contribution in [1.82, 2.24) is 5.32 Å². The molecule has 0 aliphatic carbocycles. The van der Waals surface area contributed by atoms with Crippen LogP contribution in [0.5, 0.6) is 5.75 Å². The molecule has 3 nitrogen and oxygen atoms in total. The van der Waals surface area contributed by atoms with E-state index in [1.807, 2.05) is 24.3 Å². The van der Waals surface area contributed by atoms with Gasteiger partial charge in [0, 0.05) is 5.69 Å². The second-order valence-corrected chi connectivity index (χ2v) is 5.80. The first kappa shape index (κ1) is 16.3. The SMILES string of the molecule is COc1ccc(NC(=S)NC(C)c2ccc(C)c(C)c2)cc1. The first-order chi connectivity index (χ1) is 10.5. The smallest absolute Gasteiger partial charge is 0.171 e. The Labute approximate surface area is 137 Å². The molecule has 0 heterocycles. The Bertz CT molecular complexity index is 653. The second kappa shape index (κ2) is 7.27. The van der Waals surface area contributed by atoms with Gasteiger partial charge in [0.15, 0.2) is 5.11 Å². The fourth-order valence-corrected chi connectivity index (χ4v) is 2.45. The Morgan fingerprint density at radius 3 is 2.32 bits per heavy atom. The van der Waals surface area contributed by atoms with Crippen LogP contribution in [0.15, 0.2) is 42.5 Å². The lowest BCUT2D eigenvalue weighted by Gasteiger charge is -2.18. The number of rotatable bonds is 4. The average Bonchev–Trinajstić information content (AvgIpc) is 2.50. The molecule has 1 unspecified atom stereocenters. The van der Waals surface area contributed by atoms with E-state index in [9.17, 15) is 0 Å². The molecule has 0 fully saturated rings. The van der Waals surface area contributed by atoms with Gasteiger partial charge in [0.05, 0.1) is 13.2 Å². The molecule has 0 aliphatic rings. The molecule has 0 amide bonds. The van der Waals surface area contributed by atoms with Crippen LogP contribution in [0.2, 0.25) is 0 Å². The van der Waals surface area contributed by atoms with E-state index in [0.29, 0.717) is 5.11 Å². The zero-order valence-electron chi connectivity index (χ0n) is 13.4. The van der Waals surface area contributed by atoms with E-state index in [-0.39, 0.29) is 6.04 Å². The van der Waals surface area contributed by atoms with Crippen molar-refractivity contribution in [2.75, 3.05) is 12.4 Å². The first-order valence-corrected chi connectivity index (χ1v) is 7.69. The minimum absolute atomic E-state index is 0.151. The van der Waals surface area contributed by atoms with Crippen LogP contribution < -0.4 is 15.4 Å². The van der Waals surface area contributed by atoms with E-state index < -0.39 is 0 Å². The van der Waals surface area contributed by atoms with Crippen molar-refractivity contribution in [3.63, 3.8) is 0 Å². The summed E-state index contributed by atoms with van der Waals surface area (Å²) < 4.78 is 5.14. The van der Waals surface area contributed by atoms with Crippen molar-refractivity contribution in [3.05, 3.63) is 59.2 Å². The van der Waals surface area contributed by atoms with Crippen molar-refractivity contribution >= 4 is 23.0 Å². The number of hydrogen-bond acceptors (Lipinski definition) is 2. The van der Waals surface area contributed by atoms with E-state index in [1.165, 1.54) is 16.7 Å². The molecule has 4 heteroatoms. The van der Waals surface area contributed by atoms with E-state index in [0.717, 1.165) is 11.4 Å². The molecule has 0 saturated carbocycles. The predicted octanol–water partition coefficient (Wildman–Crippen LogP) is 4.36. The van der Waals surface area contributed by atoms with Crippen LogP contribution in [0.25, 0.3) is 0 Å². The second-order valence-electron chi connectivity index (χ2n) is 5.39. The fraction of sp³-hybridized carbons (Fsp3) is 0.278. The van der Waals surface area contributed by atoms with Crippen molar-refractivity contribution < 1.29 is 4.74 Å². The topological polar surface area (TPSA) is 33.3 Å². The number of thiocarbonyl (C=S) groups is 1. The van der Waals surface area contributed by atoms with Gasteiger partial charge in [-0.15, -0.1) is 0 Å². The monoisotopic (exact) mass is 314 g/mol. The van der Waals surface area contributed by atoms with Crippen LogP contribution >= 0.6 is 12.2 Å². The highest BCUT2D eigenvalue weighted by Crippen LogP contribution is 2.18. The Hall–Kier alpha value is -2.07. The molecule has 2 N–H and O–H groups in total. The van der Waals surface area contributed by atoms with Crippen molar-refractivity contribution in [2.24, 2.45) is 0 Å². The predicted molar refractivity (Wildman–Crippen MR) is 96.7 cm³/mol. The summed E-state index contributed by atoms with van der Waals surface area (Å²) in [5, 5.41) is 7.10. The number of methoxy groups -OCH3 is 1. The number of nitrogens with one attached hydrogen (secondary N) is 2. The highest BCUT2D eigenvalue weighted by Gasteiger charge is 2.08. The van der Waals surface area contributed by atoms with Gasteiger partial charge in [0.2, 0.25) is 0 Å². The van der Waals surface area contributed by atoms with Crippen LogP contribution in [-0.4, -0.2) is 12.2 Å². The molecule has 0 bridgehead atoms. The summed E-state index contributed by atoms with van der Waals surface area (Å²) in [5.41, 5.74) is 4.75.